The molecule has 0 saturated carbocycles. The molecule has 0 fully saturated rings. The van der Waals surface area contributed by atoms with Crippen molar-refractivity contribution in [2.24, 2.45) is 0 Å². The van der Waals surface area contributed by atoms with Gasteiger partial charge in [0.25, 0.3) is 5.91 Å². The highest BCUT2D eigenvalue weighted by molar-refractivity contribution is 7.89. The Morgan fingerprint density at radius 2 is 1.63 bits per heavy atom. The zero-order chi connectivity index (χ0) is 22.4. The van der Waals surface area contributed by atoms with Crippen LogP contribution in [0.3, 0.4) is 0 Å². The summed E-state index contributed by atoms with van der Waals surface area (Å²) in [7, 11) is -7.41. The van der Waals surface area contributed by atoms with Crippen LogP contribution in [0, 0.1) is 12.3 Å². The Morgan fingerprint density at radius 3 is 2.20 bits per heavy atom. The van der Waals surface area contributed by atoms with Crippen molar-refractivity contribution in [2.75, 3.05) is 25.0 Å². The molecule has 0 aliphatic carbocycles. The molecule has 8 nitrogen and oxygen atoms in total. The molecular formula is C20H23N3O5S2. The summed E-state index contributed by atoms with van der Waals surface area (Å²) in [6.07, 6.45) is 5.05. The number of hydrogen-bond donors (Lipinski definition) is 2. The van der Waals surface area contributed by atoms with Crippen LogP contribution < -0.4 is 10.0 Å². The van der Waals surface area contributed by atoms with Gasteiger partial charge in [0.2, 0.25) is 20.0 Å². The minimum absolute atomic E-state index is 0.0263. The first-order valence-corrected chi connectivity index (χ1v) is 12.0. The lowest BCUT2D eigenvalue weighted by atomic mass is 10.2. The SMILES string of the molecule is C#CCNS(=O)(=O)c1ccc(C(=O)Nc2cccc(S(=O)(=O)N(CC)CC)c2)cc1. The van der Waals surface area contributed by atoms with E-state index in [4.69, 9.17) is 6.42 Å². The Morgan fingerprint density at radius 1 is 1.00 bits per heavy atom. The maximum atomic E-state index is 12.6. The Hall–Kier alpha value is -2.71. The van der Waals surface area contributed by atoms with E-state index in [0.29, 0.717) is 18.8 Å². The van der Waals surface area contributed by atoms with Crippen molar-refractivity contribution in [3.8, 4) is 12.3 Å². The fourth-order valence-electron chi connectivity index (χ4n) is 2.66. The molecule has 160 valence electrons. The molecule has 0 radical (unpaired) electrons. The lowest BCUT2D eigenvalue weighted by molar-refractivity contribution is 0.102. The van der Waals surface area contributed by atoms with E-state index < -0.39 is 26.0 Å². The molecule has 0 bridgehead atoms. The molecular weight excluding hydrogens is 426 g/mol. The molecule has 30 heavy (non-hydrogen) atoms. The maximum absolute atomic E-state index is 12.6. The van der Waals surface area contributed by atoms with E-state index >= 15 is 0 Å². The first-order valence-electron chi connectivity index (χ1n) is 9.10. The third-order valence-electron chi connectivity index (χ3n) is 4.23. The highest BCUT2D eigenvalue weighted by Crippen LogP contribution is 2.20. The van der Waals surface area contributed by atoms with Crippen molar-refractivity contribution in [1.82, 2.24) is 9.03 Å². The molecule has 0 unspecified atom stereocenters. The summed E-state index contributed by atoms with van der Waals surface area (Å²) in [6.45, 7) is 4.02. The normalized spacial score (nSPS) is 11.8. The van der Waals surface area contributed by atoms with E-state index in [1.165, 1.54) is 40.7 Å². The van der Waals surface area contributed by atoms with Gasteiger partial charge in [-0.1, -0.05) is 25.8 Å². The fraction of sp³-hybridized carbons (Fsp3) is 0.250. The van der Waals surface area contributed by atoms with Gasteiger partial charge >= 0.3 is 0 Å². The van der Waals surface area contributed by atoms with Gasteiger partial charge in [-0.25, -0.2) is 16.8 Å². The predicted octanol–water partition coefficient (Wildman–Crippen LogP) is 1.88. The number of hydrogen-bond acceptors (Lipinski definition) is 5. The molecule has 1 amide bonds. The third-order valence-corrected chi connectivity index (χ3v) is 7.69. The van der Waals surface area contributed by atoms with Crippen molar-refractivity contribution in [2.45, 2.75) is 23.6 Å². The van der Waals surface area contributed by atoms with Gasteiger partial charge in [-0.2, -0.15) is 9.03 Å². The first-order chi connectivity index (χ1) is 14.2. The number of rotatable bonds is 9. The highest BCUT2D eigenvalue weighted by atomic mass is 32.2. The zero-order valence-electron chi connectivity index (χ0n) is 16.6. The molecule has 2 N–H and O–H groups in total. The summed E-state index contributed by atoms with van der Waals surface area (Å²) in [4.78, 5) is 12.5. The van der Waals surface area contributed by atoms with Crippen LogP contribution in [0.5, 0.6) is 0 Å². The zero-order valence-corrected chi connectivity index (χ0v) is 18.3. The molecule has 0 heterocycles. The largest absolute Gasteiger partial charge is 0.322 e. The van der Waals surface area contributed by atoms with E-state index in [-0.39, 0.29) is 21.9 Å². The summed E-state index contributed by atoms with van der Waals surface area (Å²) in [5, 5.41) is 2.62. The van der Waals surface area contributed by atoms with Crippen LogP contribution in [0.2, 0.25) is 0 Å². The molecule has 0 spiro atoms. The molecule has 10 heteroatoms. The topological polar surface area (TPSA) is 113 Å². The maximum Gasteiger partial charge on any atom is 0.255 e. The summed E-state index contributed by atoms with van der Waals surface area (Å²) < 4.78 is 52.9. The minimum atomic E-state index is -3.75. The number of nitrogens with one attached hydrogen (secondary N) is 2. The second-order valence-corrected chi connectivity index (χ2v) is 9.83. The number of terminal acetylenes is 1. The Labute approximate surface area is 177 Å². The van der Waals surface area contributed by atoms with Gasteiger partial charge in [0.15, 0.2) is 0 Å². The monoisotopic (exact) mass is 449 g/mol. The van der Waals surface area contributed by atoms with Gasteiger partial charge in [0.1, 0.15) is 0 Å². The quantitative estimate of drug-likeness (QED) is 0.568. The molecule has 0 aromatic heterocycles. The van der Waals surface area contributed by atoms with E-state index in [9.17, 15) is 21.6 Å². The van der Waals surface area contributed by atoms with E-state index in [2.05, 4.69) is 16.0 Å². The van der Waals surface area contributed by atoms with Crippen molar-refractivity contribution in [1.29, 1.82) is 0 Å². The van der Waals surface area contributed by atoms with Crippen molar-refractivity contribution >= 4 is 31.6 Å². The van der Waals surface area contributed by atoms with Crippen molar-refractivity contribution in [3.05, 3.63) is 54.1 Å². The Balaban J connectivity index is 2.20. The van der Waals surface area contributed by atoms with Crippen LogP contribution in [0.1, 0.15) is 24.2 Å². The summed E-state index contributed by atoms with van der Waals surface area (Å²) in [5.74, 6) is 1.67. The van der Waals surface area contributed by atoms with Crippen LogP contribution >= 0.6 is 0 Å². The summed E-state index contributed by atoms with van der Waals surface area (Å²) >= 11 is 0. The van der Waals surface area contributed by atoms with Gasteiger partial charge in [0, 0.05) is 24.3 Å². The molecule has 2 aromatic carbocycles. The lowest BCUT2D eigenvalue weighted by Gasteiger charge is -2.18. The van der Waals surface area contributed by atoms with Gasteiger partial charge in [0.05, 0.1) is 16.3 Å². The Bertz CT molecular complexity index is 1150. The van der Waals surface area contributed by atoms with E-state index in [0.717, 1.165) is 0 Å². The number of carbonyl (C=O) groups is 1. The van der Waals surface area contributed by atoms with Gasteiger partial charge in [-0.15, -0.1) is 6.42 Å². The standard InChI is InChI=1S/C20H23N3O5S2/c1-4-14-21-29(25,26)18-12-10-16(11-13-18)20(24)22-17-8-7-9-19(15-17)30(27,28)23(5-2)6-3/h1,7-13,15,21H,5-6,14H2,2-3H3,(H,22,24). The minimum Gasteiger partial charge on any atom is -0.322 e. The van der Waals surface area contributed by atoms with Crippen LogP contribution in [0.15, 0.2) is 58.3 Å². The molecule has 0 saturated heterocycles. The summed E-state index contributed by atoms with van der Waals surface area (Å²) in [6, 6.07) is 11.2. The molecule has 0 aliphatic heterocycles. The predicted molar refractivity (Wildman–Crippen MR) is 115 cm³/mol. The van der Waals surface area contributed by atoms with E-state index in [1.54, 1.807) is 26.0 Å². The number of nitrogens with zero attached hydrogens (tertiary/aromatic N) is 1. The molecule has 2 aromatic rings. The smallest absolute Gasteiger partial charge is 0.255 e. The van der Waals surface area contributed by atoms with E-state index in [1.807, 2.05) is 0 Å². The van der Waals surface area contributed by atoms with Crippen LogP contribution in [-0.2, 0) is 20.0 Å². The van der Waals surface area contributed by atoms with Gasteiger partial charge in [-0.05, 0) is 42.5 Å². The summed E-state index contributed by atoms with van der Waals surface area (Å²) in [5.41, 5.74) is 0.517. The second-order valence-electron chi connectivity index (χ2n) is 6.12. The number of carbonyl (C=O) groups excluding carboxylic acids is 1. The highest BCUT2D eigenvalue weighted by Gasteiger charge is 2.22. The Kier molecular flexibility index (Phi) is 7.75. The van der Waals surface area contributed by atoms with Gasteiger partial charge in [-0.3, -0.25) is 4.79 Å². The first kappa shape index (κ1) is 23.6. The molecule has 0 atom stereocenters. The molecule has 2 rings (SSSR count). The number of benzene rings is 2. The number of sulfonamides is 2. The average Bonchev–Trinajstić information content (AvgIpc) is 2.73. The van der Waals surface area contributed by atoms with Crippen LogP contribution in [-0.4, -0.2) is 46.7 Å². The van der Waals surface area contributed by atoms with Crippen LogP contribution in [0.25, 0.3) is 0 Å². The van der Waals surface area contributed by atoms with Crippen LogP contribution in [0.4, 0.5) is 5.69 Å². The van der Waals surface area contributed by atoms with Crippen molar-refractivity contribution < 1.29 is 21.6 Å². The van der Waals surface area contributed by atoms with Gasteiger partial charge < -0.3 is 5.32 Å². The lowest BCUT2D eigenvalue weighted by Crippen LogP contribution is -2.30. The third kappa shape index (κ3) is 5.46. The van der Waals surface area contributed by atoms with Crippen molar-refractivity contribution in [3.63, 3.8) is 0 Å². The molecule has 0 aliphatic rings. The number of amides is 1. The number of anilines is 1. The fourth-order valence-corrected chi connectivity index (χ4v) is 5.09. The average molecular weight is 450 g/mol. The second kappa shape index (κ2) is 9.86.